The number of benzene rings is 2. The summed E-state index contributed by atoms with van der Waals surface area (Å²) in [5.41, 5.74) is 1.64. The second kappa shape index (κ2) is 10.1. The van der Waals surface area contributed by atoms with Crippen LogP contribution in [0.1, 0.15) is 16.1 Å². The molecule has 0 atom stereocenters. The Morgan fingerprint density at radius 1 is 1.03 bits per heavy atom. The van der Waals surface area contributed by atoms with Crippen molar-refractivity contribution in [1.29, 1.82) is 0 Å². The second-order valence-corrected chi connectivity index (χ2v) is 6.43. The number of methoxy groups -OCH3 is 2. The number of carbonyl (C=O) groups is 2. The van der Waals surface area contributed by atoms with E-state index in [0.29, 0.717) is 30.3 Å². The molecule has 0 aliphatic rings. The highest BCUT2D eigenvalue weighted by Crippen LogP contribution is 2.17. The van der Waals surface area contributed by atoms with Crippen molar-refractivity contribution in [3.63, 3.8) is 0 Å². The molecular formula is C21H23N5O4. The number of amides is 2. The summed E-state index contributed by atoms with van der Waals surface area (Å²) in [6.07, 6.45) is 1.78. The van der Waals surface area contributed by atoms with E-state index in [1.165, 1.54) is 10.9 Å². The highest BCUT2D eigenvalue weighted by Gasteiger charge is 2.12. The number of carbonyl (C=O) groups excluding carboxylic acids is 2. The molecule has 1 heterocycles. The number of nitrogens with one attached hydrogen (secondary N) is 2. The summed E-state index contributed by atoms with van der Waals surface area (Å²) in [5.74, 6) is 0.861. The molecule has 0 aliphatic carbocycles. The number of ether oxygens (including phenoxy) is 2. The van der Waals surface area contributed by atoms with E-state index in [1.807, 2.05) is 24.3 Å². The first-order valence-electron chi connectivity index (χ1n) is 9.32. The average molecular weight is 409 g/mol. The van der Waals surface area contributed by atoms with Crippen molar-refractivity contribution in [2.75, 3.05) is 26.1 Å². The van der Waals surface area contributed by atoms with Gasteiger partial charge < -0.3 is 20.1 Å². The van der Waals surface area contributed by atoms with Crippen molar-refractivity contribution in [3.8, 4) is 11.5 Å². The predicted molar refractivity (Wildman–Crippen MR) is 111 cm³/mol. The van der Waals surface area contributed by atoms with Gasteiger partial charge in [-0.2, -0.15) is 0 Å². The molecule has 0 saturated heterocycles. The summed E-state index contributed by atoms with van der Waals surface area (Å²) >= 11 is 0. The SMILES string of the molecule is COc1cccc(CC(=O)NCCn2cc(C(=O)Nc3cccc(OC)c3)nn2)c1. The Morgan fingerprint density at radius 2 is 1.77 bits per heavy atom. The lowest BCUT2D eigenvalue weighted by atomic mass is 10.1. The smallest absolute Gasteiger partial charge is 0.277 e. The molecule has 0 bridgehead atoms. The summed E-state index contributed by atoms with van der Waals surface area (Å²) in [4.78, 5) is 24.4. The van der Waals surface area contributed by atoms with Gasteiger partial charge in [-0.1, -0.05) is 23.4 Å². The van der Waals surface area contributed by atoms with Crippen LogP contribution in [0.4, 0.5) is 5.69 Å². The lowest BCUT2D eigenvalue weighted by molar-refractivity contribution is -0.120. The minimum Gasteiger partial charge on any atom is -0.497 e. The summed E-state index contributed by atoms with van der Waals surface area (Å²) in [6.45, 7) is 0.756. The second-order valence-electron chi connectivity index (χ2n) is 6.43. The van der Waals surface area contributed by atoms with Gasteiger partial charge in [-0.15, -0.1) is 5.10 Å². The molecule has 156 valence electrons. The first-order chi connectivity index (χ1) is 14.6. The number of hydrogen-bond donors (Lipinski definition) is 2. The Bertz CT molecular complexity index is 1020. The maximum Gasteiger partial charge on any atom is 0.277 e. The maximum absolute atomic E-state index is 12.3. The van der Waals surface area contributed by atoms with E-state index in [0.717, 1.165) is 5.56 Å². The summed E-state index contributed by atoms with van der Waals surface area (Å²) < 4.78 is 11.8. The van der Waals surface area contributed by atoms with Gasteiger partial charge in [0.1, 0.15) is 11.5 Å². The fourth-order valence-corrected chi connectivity index (χ4v) is 2.75. The van der Waals surface area contributed by atoms with E-state index in [9.17, 15) is 9.59 Å². The minimum atomic E-state index is -0.378. The molecule has 0 aliphatic heterocycles. The summed E-state index contributed by atoms with van der Waals surface area (Å²) in [7, 11) is 3.14. The van der Waals surface area contributed by atoms with Crippen LogP contribution in [0.5, 0.6) is 11.5 Å². The van der Waals surface area contributed by atoms with E-state index in [1.54, 1.807) is 38.5 Å². The Balaban J connectivity index is 1.46. The number of aromatic nitrogens is 3. The highest BCUT2D eigenvalue weighted by atomic mass is 16.5. The first-order valence-corrected chi connectivity index (χ1v) is 9.32. The molecule has 3 aromatic rings. The molecule has 0 unspecified atom stereocenters. The van der Waals surface area contributed by atoms with Crippen LogP contribution in [-0.4, -0.2) is 47.6 Å². The Hall–Kier alpha value is -3.88. The molecule has 9 heteroatoms. The summed E-state index contributed by atoms with van der Waals surface area (Å²) in [5, 5.41) is 13.4. The van der Waals surface area contributed by atoms with Crippen LogP contribution in [0.15, 0.2) is 54.7 Å². The van der Waals surface area contributed by atoms with Crippen LogP contribution >= 0.6 is 0 Å². The molecule has 0 saturated carbocycles. The molecule has 0 fully saturated rings. The van der Waals surface area contributed by atoms with Crippen LogP contribution in [-0.2, 0) is 17.8 Å². The van der Waals surface area contributed by atoms with Gasteiger partial charge in [0, 0.05) is 18.3 Å². The zero-order chi connectivity index (χ0) is 21.3. The van der Waals surface area contributed by atoms with E-state index < -0.39 is 0 Å². The van der Waals surface area contributed by atoms with Crippen LogP contribution in [0.25, 0.3) is 0 Å². The maximum atomic E-state index is 12.3. The molecule has 2 amide bonds. The van der Waals surface area contributed by atoms with Gasteiger partial charge in [-0.05, 0) is 29.8 Å². The van der Waals surface area contributed by atoms with Crippen molar-refractivity contribution in [1.82, 2.24) is 20.3 Å². The number of hydrogen-bond acceptors (Lipinski definition) is 6. The zero-order valence-corrected chi connectivity index (χ0v) is 16.8. The Morgan fingerprint density at radius 3 is 2.53 bits per heavy atom. The number of rotatable bonds is 9. The topological polar surface area (TPSA) is 107 Å². The van der Waals surface area contributed by atoms with Crippen LogP contribution in [0.3, 0.4) is 0 Å². The molecule has 0 spiro atoms. The normalized spacial score (nSPS) is 10.3. The number of nitrogens with zero attached hydrogens (tertiary/aromatic N) is 3. The van der Waals surface area contributed by atoms with Gasteiger partial charge in [0.15, 0.2) is 5.69 Å². The van der Waals surface area contributed by atoms with E-state index >= 15 is 0 Å². The molecule has 2 aromatic carbocycles. The quantitative estimate of drug-likeness (QED) is 0.559. The van der Waals surface area contributed by atoms with Gasteiger partial charge >= 0.3 is 0 Å². The zero-order valence-electron chi connectivity index (χ0n) is 16.8. The third-order valence-electron chi connectivity index (χ3n) is 4.26. The summed E-state index contributed by atoms with van der Waals surface area (Å²) in [6, 6.07) is 14.4. The molecule has 0 radical (unpaired) electrons. The molecule has 1 aromatic heterocycles. The highest BCUT2D eigenvalue weighted by molar-refractivity contribution is 6.02. The van der Waals surface area contributed by atoms with Crippen molar-refractivity contribution in [2.45, 2.75) is 13.0 Å². The third kappa shape index (κ3) is 5.81. The van der Waals surface area contributed by atoms with Gasteiger partial charge in [0.2, 0.25) is 5.91 Å². The first kappa shape index (κ1) is 20.8. The van der Waals surface area contributed by atoms with Crippen LogP contribution in [0.2, 0.25) is 0 Å². The van der Waals surface area contributed by atoms with E-state index in [2.05, 4.69) is 20.9 Å². The van der Waals surface area contributed by atoms with E-state index in [-0.39, 0.29) is 23.9 Å². The van der Waals surface area contributed by atoms with Crippen LogP contribution < -0.4 is 20.1 Å². The third-order valence-corrected chi connectivity index (χ3v) is 4.26. The minimum absolute atomic E-state index is 0.112. The lowest BCUT2D eigenvalue weighted by Gasteiger charge is -2.06. The van der Waals surface area contributed by atoms with Gasteiger partial charge in [0.25, 0.3) is 5.91 Å². The molecule has 30 heavy (non-hydrogen) atoms. The predicted octanol–water partition coefficient (Wildman–Crippen LogP) is 1.91. The number of anilines is 1. The van der Waals surface area contributed by atoms with Gasteiger partial charge in [0.05, 0.1) is 33.4 Å². The molecule has 2 N–H and O–H groups in total. The fraction of sp³-hybridized carbons (Fsp3) is 0.238. The van der Waals surface area contributed by atoms with Crippen molar-refractivity contribution in [3.05, 3.63) is 66.0 Å². The standard InChI is InChI=1S/C21H23N5O4/c1-29-17-7-3-5-15(11-17)12-20(27)22-9-10-26-14-19(24-25-26)21(28)23-16-6-4-8-18(13-16)30-2/h3-8,11,13-14H,9-10,12H2,1-2H3,(H,22,27)(H,23,28). The molecular weight excluding hydrogens is 386 g/mol. The Kier molecular flexibility index (Phi) is 6.99. The fourth-order valence-electron chi connectivity index (χ4n) is 2.75. The van der Waals surface area contributed by atoms with Gasteiger partial charge in [-0.3, -0.25) is 9.59 Å². The van der Waals surface area contributed by atoms with Crippen molar-refractivity contribution in [2.24, 2.45) is 0 Å². The van der Waals surface area contributed by atoms with Crippen molar-refractivity contribution < 1.29 is 19.1 Å². The average Bonchev–Trinajstić information content (AvgIpc) is 3.23. The van der Waals surface area contributed by atoms with E-state index in [4.69, 9.17) is 9.47 Å². The van der Waals surface area contributed by atoms with Gasteiger partial charge in [-0.25, -0.2) is 4.68 Å². The monoisotopic (exact) mass is 409 g/mol. The van der Waals surface area contributed by atoms with Crippen LogP contribution in [0, 0.1) is 0 Å². The van der Waals surface area contributed by atoms with Crippen molar-refractivity contribution >= 4 is 17.5 Å². The molecule has 3 rings (SSSR count). The largest absolute Gasteiger partial charge is 0.497 e. The lowest BCUT2D eigenvalue weighted by Crippen LogP contribution is -2.28. The Labute approximate surface area is 174 Å². The molecule has 9 nitrogen and oxygen atoms in total.